The molecule has 0 spiro atoms. The molecule has 0 amide bonds. The first-order valence-electron chi connectivity index (χ1n) is 7.92. The topological polar surface area (TPSA) is 102 Å². The number of rotatable bonds is 5. The van der Waals surface area contributed by atoms with Crippen LogP contribution in [0.15, 0.2) is 6.33 Å². The van der Waals surface area contributed by atoms with E-state index in [1.54, 1.807) is 6.33 Å². The van der Waals surface area contributed by atoms with Crippen molar-refractivity contribution in [2.24, 2.45) is 11.8 Å². The summed E-state index contributed by atoms with van der Waals surface area (Å²) in [5.41, 5.74) is 7.34. The Morgan fingerprint density at radius 3 is 2.86 bits per heavy atom. The summed E-state index contributed by atoms with van der Waals surface area (Å²) in [4.78, 5) is 16.2. The van der Waals surface area contributed by atoms with Crippen LogP contribution in [0.3, 0.4) is 0 Å². The molecule has 0 aromatic carbocycles. The molecule has 1 saturated heterocycles. The first-order valence-corrected chi connectivity index (χ1v) is 7.92. The molecular weight excluding hydrogens is 280 g/mol. The first-order chi connectivity index (χ1) is 10.6. The van der Waals surface area contributed by atoms with Crippen molar-refractivity contribution in [3.05, 3.63) is 12.2 Å². The van der Waals surface area contributed by atoms with Crippen molar-refractivity contribution in [1.29, 1.82) is 0 Å². The van der Waals surface area contributed by atoms with Crippen LogP contribution in [-0.2, 0) is 4.74 Å². The Hall–Kier alpha value is -1.73. The number of nitrogens with two attached hydrogens (primary N) is 1. The van der Waals surface area contributed by atoms with Gasteiger partial charge in [-0.15, -0.1) is 0 Å². The van der Waals surface area contributed by atoms with Gasteiger partial charge in [0.25, 0.3) is 0 Å². The van der Waals surface area contributed by atoms with Crippen LogP contribution in [0.5, 0.6) is 0 Å². The van der Waals surface area contributed by atoms with Crippen molar-refractivity contribution < 1.29 is 4.74 Å². The van der Waals surface area contributed by atoms with Gasteiger partial charge < -0.3 is 20.8 Å². The molecule has 1 atom stereocenters. The van der Waals surface area contributed by atoms with Gasteiger partial charge in [-0.3, -0.25) is 0 Å². The molecule has 2 aromatic heterocycles. The lowest BCUT2D eigenvalue weighted by molar-refractivity contribution is 0.0648. The number of aromatic nitrogens is 4. The summed E-state index contributed by atoms with van der Waals surface area (Å²) in [6, 6.07) is 0.0752. The molecule has 2 aromatic rings. The SMILES string of the molecule is CC(C)C(NCC1CCOCC1)c1nc(N)c2[nH]cnc2n1. The van der Waals surface area contributed by atoms with Crippen molar-refractivity contribution in [2.45, 2.75) is 32.7 Å². The van der Waals surface area contributed by atoms with E-state index in [0.29, 0.717) is 28.8 Å². The molecule has 0 radical (unpaired) electrons. The van der Waals surface area contributed by atoms with Gasteiger partial charge in [0.15, 0.2) is 17.3 Å². The summed E-state index contributed by atoms with van der Waals surface area (Å²) in [5.74, 6) is 2.20. The van der Waals surface area contributed by atoms with E-state index in [-0.39, 0.29) is 6.04 Å². The number of nitrogen functional groups attached to an aromatic ring is 1. The predicted molar refractivity (Wildman–Crippen MR) is 85.2 cm³/mol. The Bertz CT molecular complexity index is 620. The normalized spacial score (nSPS) is 18.1. The number of nitrogens with zero attached hydrogens (tertiary/aromatic N) is 3. The number of H-pyrrole nitrogens is 1. The van der Waals surface area contributed by atoms with Gasteiger partial charge in [-0.05, 0) is 31.2 Å². The van der Waals surface area contributed by atoms with Gasteiger partial charge in [0.1, 0.15) is 5.52 Å². The molecule has 4 N–H and O–H groups in total. The zero-order valence-electron chi connectivity index (χ0n) is 13.2. The first kappa shape index (κ1) is 15.2. The zero-order valence-corrected chi connectivity index (χ0v) is 13.2. The summed E-state index contributed by atoms with van der Waals surface area (Å²) in [6.07, 6.45) is 3.82. The Labute approximate surface area is 130 Å². The number of imidazole rings is 1. The molecular formula is C15H24N6O. The Balaban J connectivity index is 1.76. The summed E-state index contributed by atoms with van der Waals surface area (Å²) in [6.45, 7) is 7.00. The van der Waals surface area contributed by atoms with Crippen molar-refractivity contribution in [3.63, 3.8) is 0 Å². The van der Waals surface area contributed by atoms with Crippen molar-refractivity contribution >= 4 is 17.0 Å². The third-order valence-corrected chi connectivity index (χ3v) is 4.24. The molecule has 7 nitrogen and oxygen atoms in total. The highest BCUT2D eigenvalue weighted by Crippen LogP contribution is 2.23. The molecule has 0 aliphatic carbocycles. The van der Waals surface area contributed by atoms with Crippen LogP contribution in [0.1, 0.15) is 38.6 Å². The second-order valence-corrected chi connectivity index (χ2v) is 6.25. The molecule has 1 unspecified atom stereocenters. The molecule has 120 valence electrons. The number of hydrogen-bond acceptors (Lipinski definition) is 6. The number of hydrogen-bond donors (Lipinski definition) is 3. The van der Waals surface area contributed by atoms with Crippen molar-refractivity contribution in [1.82, 2.24) is 25.3 Å². The quantitative estimate of drug-likeness (QED) is 0.776. The Kier molecular flexibility index (Phi) is 4.54. The molecule has 0 saturated carbocycles. The third-order valence-electron chi connectivity index (χ3n) is 4.24. The Morgan fingerprint density at radius 2 is 2.14 bits per heavy atom. The monoisotopic (exact) mass is 304 g/mol. The summed E-state index contributed by atoms with van der Waals surface area (Å²) in [7, 11) is 0. The van der Waals surface area contributed by atoms with Crippen LogP contribution in [0.2, 0.25) is 0 Å². The fraction of sp³-hybridized carbons (Fsp3) is 0.667. The highest BCUT2D eigenvalue weighted by Gasteiger charge is 2.22. The second kappa shape index (κ2) is 6.58. The van der Waals surface area contributed by atoms with Gasteiger partial charge in [-0.2, -0.15) is 0 Å². The maximum absolute atomic E-state index is 6.01. The summed E-state index contributed by atoms with van der Waals surface area (Å²) in [5, 5.41) is 3.62. The number of nitrogens with one attached hydrogen (secondary N) is 2. The van der Waals surface area contributed by atoms with Crippen LogP contribution in [0.25, 0.3) is 11.2 Å². The van der Waals surface area contributed by atoms with Gasteiger partial charge in [-0.1, -0.05) is 13.8 Å². The smallest absolute Gasteiger partial charge is 0.183 e. The molecule has 1 aliphatic heterocycles. The highest BCUT2D eigenvalue weighted by molar-refractivity contribution is 5.80. The standard InChI is InChI=1S/C15H24N6O/c1-9(2)11(17-7-10-3-5-22-6-4-10)15-20-13(16)12-14(21-15)19-8-18-12/h8-11,17H,3-7H2,1-2H3,(H3,16,18,19,20,21). The molecule has 1 fully saturated rings. The summed E-state index contributed by atoms with van der Waals surface area (Å²) < 4.78 is 5.41. The van der Waals surface area contributed by atoms with Crippen LogP contribution >= 0.6 is 0 Å². The minimum atomic E-state index is 0.0752. The lowest BCUT2D eigenvalue weighted by Crippen LogP contribution is -2.34. The maximum atomic E-state index is 6.01. The zero-order chi connectivity index (χ0) is 15.5. The lowest BCUT2D eigenvalue weighted by Gasteiger charge is -2.27. The van der Waals surface area contributed by atoms with Crippen LogP contribution in [0.4, 0.5) is 5.82 Å². The molecule has 3 rings (SSSR count). The van der Waals surface area contributed by atoms with E-state index in [0.717, 1.165) is 38.4 Å². The number of fused-ring (bicyclic) bond motifs is 1. The molecule has 22 heavy (non-hydrogen) atoms. The second-order valence-electron chi connectivity index (χ2n) is 6.25. The van der Waals surface area contributed by atoms with E-state index in [9.17, 15) is 0 Å². The average molecular weight is 304 g/mol. The van der Waals surface area contributed by atoms with Gasteiger partial charge >= 0.3 is 0 Å². The van der Waals surface area contributed by atoms with Crippen molar-refractivity contribution in [2.75, 3.05) is 25.5 Å². The predicted octanol–water partition coefficient (Wildman–Crippen LogP) is 1.65. The molecule has 0 bridgehead atoms. The average Bonchev–Trinajstić information content (AvgIpc) is 2.97. The van der Waals surface area contributed by atoms with Gasteiger partial charge in [0, 0.05) is 13.2 Å². The van der Waals surface area contributed by atoms with Gasteiger partial charge in [0.2, 0.25) is 0 Å². The highest BCUT2D eigenvalue weighted by atomic mass is 16.5. The fourth-order valence-corrected chi connectivity index (χ4v) is 2.88. The van der Waals surface area contributed by atoms with Gasteiger partial charge in [0.05, 0.1) is 12.4 Å². The number of ether oxygens (including phenoxy) is 1. The minimum Gasteiger partial charge on any atom is -0.382 e. The minimum absolute atomic E-state index is 0.0752. The van der Waals surface area contributed by atoms with Crippen LogP contribution in [-0.4, -0.2) is 39.7 Å². The molecule has 7 heteroatoms. The van der Waals surface area contributed by atoms with Crippen LogP contribution in [0, 0.1) is 11.8 Å². The van der Waals surface area contributed by atoms with E-state index in [4.69, 9.17) is 10.5 Å². The number of anilines is 1. The maximum Gasteiger partial charge on any atom is 0.183 e. The van der Waals surface area contributed by atoms with Crippen LogP contribution < -0.4 is 11.1 Å². The largest absolute Gasteiger partial charge is 0.382 e. The van der Waals surface area contributed by atoms with E-state index in [1.807, 2.05) is 0 Å². The summed E-state index contributed by atoms with van der Waals surface area (Å²) >= 11 is 0. The lowest BCUT2D eigenvalue weighted by atomic mass is 9.98. The van der Waals surface area contributed by atoms with E-state index in [1.165, 1.54) is 0 Å². The van der Waals surface area contributed by atoms with E-state index < -0.39 is 0 Å². The Morgan fingerprint density at radius 1 is 1.36 bits per heavy atom. The van der Waals surface area contributed by atoms with Gasteiger partial charge in [-0.25, -0.2) is 15.0 Å². The molecule has 1 aliphatic rings. The number of aromatic amines is 1. The third kappa shape index (κ3) is 3.20. The van der Waals surface area contributed by atoms with Crippen molar-refractivity contribution in [3.8, 4) is 0 Å². The fourth-order valence-electron chi connectivity index (χ4n) is 2.88. The van der Waals surface area contributed by atoms with E-state index >= 15 is 0 Å². The van der Waals surface area contributed by atoms with E-state index in [2.05, 4.69) is 39.1 Å². The molecule has 3 heterocycles.